The van der Waals surface area contributed by atoms with Crippen LogP contribution in [0.1, 0.15) is 88.2 Å². The fraction of sp³-hybridized carbons (Fsp3) is 0.629. The van der Waals surface area contributed by atoms with Crippen molar-refractivity contribution in [2.45, 2.75) is 101 Å². The Morgan fingerprint density at radius 2 is 1.86 bits per heavy atom. The van der Waals surface area contributed by atoms with Gasteiger partial charge in [0.1, 0.15) is 29.4 Å². The van der Waals surface area contributed by atoms with Crippen LogP contribution in [0.4, 0.5) is 4.79 Å². The molecule has 3 N–H and O–H groups in total. The van der Waals surface area contributed by atoms with Gasteiger partial charge in [-0.1, -0.05) is 38.8 Å². The lowest BCUT2D eigenvalue weighted by molar-refractivity contribution is -0.139. The zero-order chi connectivity index (χ0) is 36.0. The minimum atomic E-state index is -3.87. The van der Waals surface area contributed by atoms with Gasteiger partial charge in [0, 0.05) is 24.4 Å². The first-order valence-electron chi connectivity index (χ1n) is 17.5. The van der Waals surface area contributed by atoms with Gasteiger partial charge in [0.05, 0.1) is 18.4 Å². The van der Waals surface area contributed by atoms with Gasteiger partial charge in [-0.15, -0.1) is 0 Å². The van der Waals surface area contributed by atoms with E-state index in [1.54, 1.807) is 18.5 Å². The summed E-state index contributed by atoms with van der Waals surface area (Å²) in [6, 6.07) is 6.57. The largest absolute Gasteiger partial charge is 0.453 e. The van der Waals surface area contributed by atoms with Crippen LogP contribution in [0.2, 0.25) is 0 Å². The lowest BCUT2D eigenvalue weighted by Gasteiger charge is -2.27. The molecule has 2 aliphatic carbocycles. The minimum absolute atomic E-state index is 0.0949. The zero-order valence-corrected chi connectivity index (χ0v) is 29.9. The second kappa shape index (κ2) is 13.5. The van der Waals surface area contributed by atoms with Crippen molar-refractivity contribution in [2.24, 2.45) is 18.9 Å². The van der Waals surface area contributed by atoms with E-state index in [9.17, 15) is 32.4 Å². The lowest BCUT2D eigenvalue weighted by atomic mass is 10.00. The van der Waals surface area contributed by atoms with Gasteiger partial charge in [-0.3, -0.25) is 19.1 Å². The van der Waals surface area contributed by atoms with Crippen molar-refractivity contribution in [2.75, 3.05) is 19.7 Å². The summed E-state index contributed by atoms with van der Waals surface area (Å²) >= 11 is 0. The van der Waals surface area contributed by atoms with E-state index in [-0.39, 0.29) is 37.8 Å². The highest BCUT2D eigenvalue weighted by atomic mass is 32.2. The Morgan fingerprint density at radius 3 is 2.56 bits per heavy atom. The molecule has 272 valence electrons. The predicted octanol–water partition coefficient (Wildman–Crippen LogP) is 2.68. The molecule has 14 nitrogen and oxygen atoms in total. The lowest BCUT2D eigenvalue weighted by Crippen LogP contribution is -2.57. The van der Waals surface area contributed by atoms with E-state index >= 15 is 0 Å². The number of cyclic esters (lactones) is 1. The maximum Gasteiger partial charge on any atom is 0.407 e. The molecular formula is C35H47N5O9S. The summed E-state index contributed by atoms with van der Waals surface area (Å²) in [7, 11) is -2.08. The first kappa shape index (κ1) is 35.7. The van der Waals surface area contributed by atoms with E-state index in [1.807, 2.05) is 38.1 Å². The number of aromatic nitrogens is 1. The van der Waals surface area contributed by atoms with Crippen molar-refractivity contribution in [1.29, 1.82) is 0 Å². The fourth-order valence-electron chi connectivity index (χ4n) is 7.44. The molecule has 0 spiro atoms. The average molecular weight is 714 g/mol. The number of ether oxygens (including phenoxy) is 2. The van der Waals surface area contributed by atoms with Crippen molar-refractivity contribution >= 4 is 50.7 Å². The molecule has 1 unspecified atom stereocenters. The number of esters is 1. The van der Waals surface area contributed by atoms with E-state index < -0.39 is 68.8 Å². The monoisotopic (exact) mass is 713 g/mol. The first-order chi connectivity index (χ1) is 23.7. The second-order valence-corrected chi connectivity index (χ2v) is 16.7. The molecule has 0 radical (unpaired) electrons. The molecule has 2 aromatic rings. The maximum absolute atomic E-state index is 14.0. The third kappa shape index (κ3) is 7.19. The standard InChI is InChI=1S/C35H47N5O9S/c1-5-23-16-35(23,32(44)38-50(46,47)24-13-14-24)37-30(42)28-17-34(3)20-40(28)29(41)18-36-33(45)48-19-21(2)9-6-7-10-22-11-8-12-26-25(22)15-27(39(26)4)31(43)49-34/h8,11-12,15,21,23-24,28H,5-7,9-10,13-14,16-20H2,1-4H3,(H,36,45)(H,37,42)(H,38,44)/t21?,23-,28+,34-,35-/m1/s1. The molecule has 2 aliphatic heterocycles. The van der Waals surface area contributed by atoms with Gasteiger partial charge in [-0.05, 0) is 75.0 Å². The summed E-state index contributed by atoms with van der Waals surface area (Å²) in [6.45, 7) is 5.01. The van der Waals surface area contributed by atoms with Gasteiger partial charge >= 0.3 is 12.1 Å². The maximum atomic E-state index is 14.0. The highest BCUT2D eigenvalue weighted by Crippen LogP contribution is 2.47. The number of rotatable bonds is 6. The number of nitrogens with zero attached hydrogens (tertiary/aromatic N) is 2. The molecule has 1 aromatic carbocycles. The Balaban J connectivity index is 1.27. The van der Waals surface area contributed by atoms with Crippen LogP contribution < -0.4 is 15.4 Å². The minimum Gasteiger partial charge on any atom is -0.453 e. The van der Waals surface area contributed by atoms with Crippen molar-refractivity contribution < 1.29 is 41.9 Å². The number of nitrogens with one attached hydrogen (secondary N) is 3. The number of hydrogen-bond donors (Lipinski definition) is 3. The zero-order valence-electron chi connectivity index (χ0n) is 29.1. The number of aryl methyl sites for hydroxylation is 2. The van der Waals surface area contributed by atoms with Gasteiger partial charge in [0.25, 0.3) is 5.91 Å². The number of carbonyl (C=O) groups excluding carboxylic acids is 5. The van der Waals surface area contributed by atoms with E-state index in [2.05, 4.69) is 15.4 Å². The number of fused-ring (bicyclic) bond motifs is 3. The summed E-state index contributed by atoms with van der Waals surface area (Å²) < 4.78 is 40.6. The van der Waals surface area contributed by atoms with Crippen LogP contribution in [0, 0.1) is 11.8 Å². The third-order valence-corrected chi connectivity index (χ3v) is 12.5. The molecule has 4 bridgehead atoms. The summed E-state index contributed by atoms with van der Waals surface area (Å²) in [6.07, 6.45) is 4.29. The van der Waals surface area contributed by atoms with Crippen LogP contribution >= 0.6 is 0 Å². The number of carbonyl (C=O) groups is 5. The van der Waals surface area contributed by atoms with Crippen molar-refractivity contribution in [3.8, 4) is 0 Å². The molecule has 3 fully saturated rings. The molecule has 3 heterocycles. The number of benzene rings is 1. The number of sulfonamides is 1. The Labute approximate surface area is 292 Å². The van der Waals surface area contributed by atoms with Crippen molar-refractivity contribution in [3.05, 3.63) is 35.5 Å². The quantitative estimate of drug-likeness (QED) is 0.379. The van der Waals surface area contributed by atoms with Crippen LogP contribution in [0.25, 0.3) is 10.9 Å². The van der Waals surface area contributed by atoms with E-state index in [1.165, 1.54) is 4.90 Å². The number of alkyl carbamates (subject to hydrolysis) is 1. The van der Waals surface area contributed by atoms with Gasteiger partial charge in [0.2, 0.25) is 21.8 Å². The molecule has 50 heavy (non-hydrogen) atoms. The van der Waals surface area contributed by atoms with Gasteiger partial charge < -0.3 is 29.6 Å². The molecule has 4 amide bonds. The van der Waals surface area contributed by atoms with Gasteiger partial charge in [-0.2, -0.15) is 0 Å². The Kier molecular flexibility index (Phi) is 9.66. The highest BCUT2D eigenvalue weighted by Gasteiger charge is 2.62. The summed E-state index contributed by atoms with van der Waals surface area (Å²) in [5.74, 6) is -2.92. The Morgan fingerprint density at radius 1 is 1.10 bits per heavy atom. The molecule has 4 aliphatic rings. The Bertz CT molecular complexity index is 1820. The number of amides is 4. The van der Waals surface area contributed by atoms with Gasteiger partial charge in [-0.25, -0.2) is 18.0 Å². The predicted molar refractivity (Wildman–Crippen MR) is 182 cm³/mol. The number of hydrogen-bond acceptors (Lipinski definition) is 9. The normalized spacial score (nSPS) is 29.6. The smallest absolute Gasteiger partial charge is 0.407 e. The topological polar surface area (TPSA) is 182 Å². The van der Waals surface area contributed by atoms with E-state index in [0.29, 0.717) is 25.0 Å². The average Bonchev–Trinajstić information content (AvgIpc) is 3.98. The first-order valence-corrected chi connectivity index (χ1v) is 19.1. The van der Waals surface area contributed by atoms with E-state index in [4.69, 9.17) is 9.47 Å². The van der Waals surface area contributed by atoms with Crippen LogP contribution in [0.5, 0.6) is 0 Å². The van der Waals surface area contributed by atoms with Crippen LogP contribution in [0.3, 0.4) is 0 Å². The molecule has 15 heteroatoms. The molecule has 2 saturated carbocycles. The molecule has 1 aromatic heterocycles. The second-order valence-electron chi connectivity index (χ2n) is 14.8. The van der Waals surface area contributed by atoms with E-state index in [0.717, 1.165) is 42.1 Å². The molecule has 5 atom stereocenters. The third-order valence-electron chi connectivity index (χ3n) is 10.7. The van der Waals surface area contributed by atoms with Crippen LogP contribution in [0.15, 0.2) is 24.3 Å². The van der Waals surface area contributed by atoms with Gasteiger partial charge in [0.15, 0.2) is 0 Å². The van der Waals surface area contributed by atoms with Crippen molar-refractivity contribution in [3.63, 3.8) is 0 Å². The van der Waals surface area contributed by atoms with Crippen LogP contribution in [-0.4, -0.2) is 89.8 Å². The Hall–Kier alpha value is -4.14. The summed E-state index contributed by atoms with van der Waals surface area (Å²) in [5.41, 5.74) is -0.475. The van der Waals surface area contributed by atoms with Crippen molar-refractivity contribution in [1.82, 2.24) is 24.8 Å². The molecule has 6 rings (SSSR count). The highest BCUT2D eigenvalue weighted by molar-refractivity contribution is 7.91. The summed E-state index contributed by atoms with van der Waals surface area (Å²) in [4.78, 5) is 68.6. The molecular weight excluding hydrogens is 666 g/mol. The van der Waals surface area contributed by atoms with Crippen LogP contribution in [-0.2, 0) is 47.3 Å². The summed E-state index contributed by atoms with van der Waals surface area (Å²) in [5, 5.41) is 5.57. The fourth-order valence-corrected chi connectivity index (χ4v) is 8.81. The SMILES string of the molecule is CC[C@@H]1C[C@]1(NC(=O)[C@@H]1C[C@]2(C)CN1C(=O)CNC(=O)OCC(C)CCCCc1cccc3c1cc(n3C)C(=O)O2)C(=O)NS(=O)(=O)C1CC1. The molecule has 1 saturated heterocycles.